The van der Waals surface area contributed by atoms with Crippen LogP contribution in [0.5, 0.6) is 0 Å². The minimum Gasteiger partial charge on any atom is -0.306 e. The SMILES string of the molecule is O=C(Nc1nc(C2CCCCC2)cs1)C1CCCN1. The molecule has 3 rings (SSSR count). The minimum atomic E-state index is -0.0259. The first kappa shape index (κ1) is 13.1. The van der Waals surface area contributed by atoms with Gasteiger partial charge in [0.1, 0.15) is 0 Å². The fourth-order valence-corrected chi connectivity index (χ4v) is 3.83. The number of aromatic nitrogens is 1. The number of hydrogen-bond donors (Lipinski definition) is 2. The first-order valence-corrected chi connectivity index (χ1v) is 8.20. The maximum absolute atomic E-state index is 12.0. The highest BCUT2D eigenvalue weighted by molar-refractivity contribution is 7.13. The molecule has 0 spiro atoms. The van der Waals surface area contributed by atoms with Gasteiger partial charge >= 0.3 is 0 Å². The Morgan fingerprint density at radius 1 is 1.26 bits per heavy atom. The molecule has 1 unspecified atom stereocenters. The molecular weight excluding hydrogens is 258 g/mol. The number of anilines is 1. The molecule has 4 nitrogen and oxygen atoms in total. The zero-order chi connectivity index (χ0) is 13.1. The van der Waals surface area contributed by atoms with Gasteiger partial charge in [-0.1, -0.05) is 19.3 Å². The lowest BCUT2D eigenvalue weighted by Crippen LogP contribution is -2.35. The van der Waals surface area contributed by atoms with Gasteiger partial charge in [0, 0.05) is 11.3 Å². The molecule has 1 aromatic heterocycles. The standard InChI is InChI=1S/C14H21N3OS/c18-13(11-7-4-8-15-11)17-14-16-12(9-19-14)10-5-2-1-3-6-10/h9-11,15H,1-8H2,(H,16,17,18). The average molecular weight is 279 g/mol. The lowest BCUT2D eigenvalue weighted by Gasteiger charge is -2.19. The summed E-state index contributed by atoms with van der Waals surface area (Å²) in [5, 5.41) is 9.04. The highest BCUT2D eigenvalue weighted by Gasteiger charge is 2.23. The average Bonchev–Trinajstić information content (AvgIpc) is 3.11. The smallest absolute Gasteiger partial charge is 0.243 e. The lowest BCUT2D eigenvalue weighted by molar-refractivity contribution is -0.117. The van der Waals surface area contributed by atoms with Crippen molar-refractivity contribution in [2.75, 3.05) is 11.9 Å². The molecule has 5 heteroatoms. The maximum Gasteiger partial charge on any atom is 0.243 e. The van der Waals surface area contributed by atoms with Crippen LogP contribution in [0.1, 0.15) is 56.6 Å². The molecule has 1 saturated carbocycles. The quantitative estimate of drug-likeness (QED) is 0.894. The Kier molecular flexibility index (Phi) is 4.13. The molecule has 1 aromatic rings. The number of thiazole rings is 1. The molecule has 2 N–H and O–H groups in total. The number of rotatable bonds is 3. The Labute approximate surface area is 118 Å². The molecule has 0 radical (unpaired) electrons. The summed E-state index contributed by atoms with van der Waals surface area (Å²) in [6.45, 7) is 0.948. The first-order valence-electron chi connectivity index (χ1n) is 7.32. The van der Waals surface area contributed by atoms with E-state index in [1.54, 1.807) is 11.3 Å². The van der Waals surface area contributed by atoms with E-state index in [1.165, 1.54) is 37.8 Å². The largest absolute Gasteiger partial charge is 0.306 e. The van der Waals surface area contributed by atoms with Crippen LogP contribution in [0.2, 0.25) is 0 Å². The van der Waals surface area contributed by atoms with E-state index in [0.29, 0.717) is 5.92 Å². The second-order valence-corrected chi connectivity index (χ2v) is 6.41. The van der Waals surface area contributed by atoms with Crippen molar-refractivity contribution in [1.82, 2.24) is 10.3 Å². The summed E-state index contributed by atoms with van der Waals surface area (Å²) < 4.78 is 0. The Morgan fingerprint density at radius 3 is 2.84 bits per heavy atom. The Balaban J connectivity index is 1.59. The van der Waals surface area contributed by atoms with E-state index in [0.717, 1.165) is 24.5 Å². The number of carbonyl (C=O) groups is 1. The summed E-state index contributed by atoms with van der Waals surface area (Å²) in [5.41, 5.74) is 1.18. The zero-order valence-electron chi connectivity index (χ0n) is 11.2. The van der Waals surface area contributed by atoms with Crippen LogP contribution >= 0.6 is 11.3 Å². The van der Waals surface area contributed by atoms with Gasteiger partial charge < -0.3 is 10.6 Å². The van der Waals surface area contributed by atoms with Gasteiger partial charge in [-0.3, -0.25) is 4.79 Å². The van der Waals surface area contributed by atoms with E-state index in [4.69, 9.17) is 0 Å². The van der Waals surface area contributed by atoms with Crippen molar-refractivity contribution in [3.05, 3.63) is 11.1 Å². The van der Waals surface area contributed by atoms with Gasteiger partial charge in [-0.15, -0.1) is 11.3 Å². The molecule has 1 aliphatic heterocycles. The van der Waals surface area contributed by atoms with E-state index in [1.807, 2.05) is 0 Å². The van der Waals surface area contributed by atoms with Crippen LogP contribution in [-0.4, -0.2) is 23.5 Å². The third kappa shape index (κ3) is 3.15. The summed E-state index contributed by atoms with van der Waals surface area (Å²) in [6, 6.07) is -0.0259. The summed E-state index contributed by atoms with van der Waals surface area (Å²) in [6.07, 6.45) is 8.52. The number of nitrogens with one attached hydrogen (secondary N) is 2. The van der Waals surface area contributed by atoms with Crippen LogP contribution in [0.3, 0.4) is 0 Å². The molecule has 2 heterocycles. The minimum absolute atomic E-state index is 0.0259. The van der Waals surface area contributed by atoms with Crippen molar-refractivity contribution in [2.45, 2.75) is 56.9 Å². The van der Waals surface area contributed by atoms with Gasteiger partial charge in [-0.05, 0) is 32.2 Å². The van der Waals surface area contributed by atoms with Crippen molar-refractivity contribution in [3.63, 3.8) is 0 Å². The second kappa shape index (κ2) is 6.01. The monoisotopic (exact) mass is 279 g/mol. The van der Waals surface area contributed by atoms with Crippen LogP contribution in [0, 0.1) is 0 Å². The van der Waals surface area contributed by atoms with Crippen LogP contribution in [-0.2, 0) is 4.79 Å². The molecule has 19 heavy (non-hydrogen) atoms. The Bertz CT molecular complexity index is 434. The summed E-state index contributed by atoms with van der Waals surface area (Å²) in [5.74, 6) is 0.683. The molecule has 2 fully saturated rings. The predicted octanol–water partition coefficient (Wildman–Crippen LogP) is 2.88. The fraction of sp³-hybridized carbons (Fsp3) is 0.714. The third-order valence-electron chi connectivity index (χ3n) is 4.15. The molecule has 1 amide bonds. The third-order valence-corrected chi connectivity index (χ3v) is 4.93. The molecular formula is C14H21N3OS. The molecule has 0 aromatic carbocycles. The number of amides is 1. The van der Waals surface area contributed by atoms with Gasteiger partial charge in [-0.25, -0.2) is 4.98 Å². The van der Waals surface area contributed by atoms with Crippen molar-refractivity contribution < 1.29 is 4.79 Å². The van der Waals surface area contributed by atoms with E-state index >= 15 is 0 Å². The fourth-order valence-electron chi connectivity index (χ4n) is 3.03. The summed E-state index contributed by atoms with van der Waals surface area (Å²) >= 11 is 1.56. The molecule has 1 saturated heterocycles. The van der Waals surface area contributed by atoms with Crippen LogP contribution in [0.25, 0.3) is 0 Å². The normalized spacial score (nSPS) is 24.5. The predicted molar refractivity (Wildman–Crippen MR) is 77.6 cm³/mol. The first-order chi connectivity index (χ1) is 9.33. The van der Waals surface area contributed by atoms with Crippen molar-refractivity contribution in [3.8, 4) is 0 Å². The van der Waals surface area contributed by atoms with Gasteiger partial charge in [0.15, 0.2) is 5.13 Å². The highest BCUT2D eigenvalue weighted by atomic mass is 32.1. The molecule has 104 valence electrons. The number of carbonyl (C=O) groups excluding carboxylic acids is 1. The number of nitrogens with zero attached hydrogens (tertiary/aromatic N) is 1. The zero-order valence-corrected chi connectivity index (χ0v) is 12.0. The molecule has 2 aliphatic rings. The maximum atomic E-state index is 12.0. The van der Waals surface area contributed by atoms with Crippen molar-refractivity contribution in [2.24, 2.45) is 0 Å². The van der Waals surface area contributed by atoms with E-state index < -0.39 is 0 Å². The van der Waals surface area contributed by atoms with Crippen molar-refractivity contribution >= 4 is 22.4 Å². The van der Waals surface area contributed by atoms with E-state index in [2.05, 4.69) is 21.0 Å². The molecule has 0 bridgehead atoms. The van der Waals surface area contributed by atoms with Crippen LogP contribution < -0.4 is 10.6 Å². The van der Waals surface area contributed by atoms with Gasteiger partial charge in [0.2, 0.25) is 5.91 Å². The Morgan fingerprint density at radius 2 is 2.11 bits per heavy atom. The second-order valence-electron chi connectivity index (χ2n) is 5.55. The lowest BCUT2D eigenvalue weighted by atomic mass is 9.87. The molecule has 1 atom stereocenters. The Hall–Kier alpha value is -0.940. The molecule has 1 aliphatic carbocycles. The topological polar surface area (TPSA) is 54.0 Å². The van der Waals surface area contributed by atoms with E-state index in [-0.39, 0.29) is 11.9 Å². The van der Waals surface area contributed by atoms with Gasteiger partial charge in [-0.2, -0.15) is 0 Å². The van der Waals surface area contributed by atoms with E-state index in [9.17, 15) is 4.79 Å². The summed E-state index contributed by atoms with van der Waals surface area (Å²) in [4.78, 5) is 16.6. The highest BCUT2D eigenvalue weighted by Crippen LogP contribution is 2.34. The summed E-state index contributed by atoms with van der Waals surface area (Å²) in [7, 11) is 0. The van der Waals surface area contributed by atoms with Gasteiger partial charge in [0.25, 0.3) is 0 Å². The number of hydrogen-bond acceptors (Lipinski definition) is 4. The van der Waals surface area contributed by atoms with Crippen molar-refractivity contribution in [1.29, 1.82) is 0 Å². The van der Waals surface area contributed by atoms with Gasteiger partial charge in [0.05, 0.1) is 11.7 Å². The van der Waals surface area contributed by atoms with Crippen LogP contribution in [0.15, 0.2) is 5.38 Å². The van der Waals surface area contributed by atoms with Crippen LogP contribution in [0.4, 0.5) is 5.13 Å².